The normalized spacial score (nSPS) is 12.2. The quantitative estimate of drug-likeness (QED) is 0.900. The van der Waals surface area contributed by atoms with Crippen LogP contribution in [0.4, 0.5) is 10.1 Å². The molecule has 1 atom stereocenters. The van der Waals surface area contributed by atoms with E-state index in [9.17, 15) is 9.18 Å². The Hall–Kier alpha value is -1.95. The first-order chi connectivity index (χ1) is 8.99. The van der Waals surface area contributed by atoms with Crippen LogP contribution in [0.2, 0.25) is 0 Å². The third-order valence-corrected chi connectivity index (χ3v) is 3.87. The van der Waals surface area contributed by atoms with Gasteiger partial charge >= 0.3 is 5.97 Å². The monoisotopic (exact) mass is 280 g/mol. The van der Waals surface area contributed by atoms with Crippen LogP contribution in [0.25, 0.3) is 0 Å². The van der Waals surface area contributed by atoms with E-state index in [-0.39, 0.29) is 11.6 Å². The summed E-state index contributed by atoms with van der Waals surface area (Å²) in [6.07, 6.45) is 0. The Morgan fingerprint density at radius 2 is 2.26 bits per heavy atom. The van der Waals surface area contributed by atoms with E-state index in [1.165, 1.54) is 23.5 Å². The van der Waals surface area contributed by atoms with E-state index >= 15 is 0 Å². The average Bonchev–Trinajstić information content (AvgIpc) is 2.77. The molecule has 0 fully saturated rings. The lowest BCUT2D eigenvalue weighted by Crippen LogP contribution is -2.08. The van der Waals surface area contributed by atoms with Crippen molar-refractivity contribution < 1.29 is 14.3 Å². The first-order valence-electron chi connectivity index (χ1n) is 5.68. The molecular weight excluding hydrogens is 267 g/mol. The van der Waals surface area contributed by atoms with Gasteiger partial charge in [-0.2, -0.15) is 0 Å². The van der Waals surface area contributed by atoms with Crippen LogP contribution in [0.3, 0.4) is 0 Å². The van der Waals surface area contributed by atoms with Crippen molar-refractivity contribution in [3.8, 4) is 0 Å². The molecule has 19 heavy (non-hydrogen) atoms. The Kier molecular flexibility index (Phi) is 3.80. The van der Waals surface area contributed by atoms with Crippen LogP contribution < -0.4 is 5.32 Å². The molecule has 0 amide bonds. The van der Waals surface area contributed by atoms with Crippen molar-refractivity contribution in [2.45, 2.75) is 19.9 Å². The Bertz CT molecular complexity index is 612. The highest BCUT2D eigenvalue weighted by Crippen LogP contribution is 2.26. The van der Waals surface area contributed by atoms with Crippen molar-refractivity contribution in [3.63, 3.8) is 0 Å². The molecule has 0 radical (unpaired) electrons. The molecule has 0 aliphatic heterocycles. The Labute approximate surface area is 113 Å². The van der Waals surface area contributed by atoms with Crippen LogP contribution in [0.15, 0.2) is 23.7 Å². The molecule has 2 rings (SSSR count). The Balaban J connectivity index is 2.22. The molecule has 0 spiro atoms. The van der Waals surface area contributed by atoms with Crippen LogP contribution in [-0.4, -0.2) is 16.1 Å². The lowest BCUT2D eigenvalue weighted by Gasteiger charge is -2.15. The zero-order chi connectivity index (χ0) is 14.0. The molecule has 1 aromatic carbocycles. The van der Waals surface area contributed by atoms with Crippen molar-refractivity contribution in [2.24, 2.45) is 0 Å². The number of carboxylic acids is 1. The SMILES string of the molecule is Cc1ncsc1C(C)Nc1ccc(F)c(C(=O)O)c1. The number of aromatic carboxylic acids is 1. The van der Waals surface area contributed by atoms with Gasteiger partial charge in [-0.15, -0.1) is 11.3 Å². The summed E-state index contributed by atoms with van der Waals surface area (Å²) in [5.74, 6) is -2.01. The second-order valence-corrected chi connectivity index (χ2v) is 5.05. The number of nitrogens with zero attached hydrogens (tertiary/aromatic N) is 1. The number of aromatic nitrogens is 1. The minimum absolute atomic E-state index is 0.0143. The smallest absolute Gasteiger partial charge is 0.338 e. The number of rotatable bonds is 4. The molecule has 1 unspecified atom stereocenters. The zero-order valence-electron chi connectivity index (χ0n) is 10.5. The predicted molar refractivity (Wildman–Crippen MR) is 72.2 cm³/mol. The van der Waals surface area contributed by atoms with E-state index in [2.05, 4.69) is 10.3 Å². The minimum atomic E-state index is -1.28. The minimum Gasteiger partial charge on any atom is -0.478 e. The number of nitrogens with one attached hydrogen (secondary N) is 1. The maximum Gasteiger partial charge on any atom is 0.338 e. The standard InChI is InChI=1S/C13H13FN2O2S/c1-7-12(19-6-15-7)8(2)16-9-3-4-11(14)10(5-9)13(17)18/h3-6,8,16H,1-2H3,(H,17,18). The van der Waals surface area contributed by atoms with Crippen molar-refractivity contribution >= 4 is 23.0 Å². The largest absolute Gasteiger partial charge is 0.478 e. The topological polar surface area (TPSA) is 62.2 Å². The molecule has 100 valence electrons. The molecule has 1 heterocycles. The number of anilines is 1. The number of hydrogen-bond donors (Lipinski definition) is 2. The van der Waals surface area contributed by atoms with Gasteiger partial charge in [0, 0.05) is 10.6 Å². The molecule has 0 aliphatic rings. The second kappa shape index (κ2) is 5.36. The van der Waals surface area contributed by atoms with Gasteiger partial charge in [0.1, 0.15) is 5.82 Å². The van der Waals surface area contributed by atoms with Crippen molar-refractivity contribution in [3.05, 3.63) is 45.7 Å². The van der Waals surface area contributed by atoms with Crippen LogP contribution in [0.1, 0.15) is 33.9 Å². The summed E-state index contributed by atoms with van der Waals surface area (Å²) in [5, 5.41) is 12.0. The van der Waals surface area contributed by atoms with Gasteiger partial charge < -0.3 is 10.4 Å². The molecule has 2 N–H and O–H groups in total. The van der Waals surface area contributed by atoms with Crippen molar-refractivity contribution in [2.75, 3.05) is 5.32 Å². The van der Waals surface area contributed by atoms with Crippen LogP contribution in [0.5, 0.6) is 0 Å². The van der Waals surface area contributed by atoms with Gasteiger partial charge in [0.15, 0.2) is 0 Å². The molecule has 0 bridgehead atoms. The predicted octanol–water partition coefficient (Wildman–Crippen LogP) is 3.46. The lowest BCUT2D eigenvalue weighted by atomic mass is 10.1. The number of benzene rings is 1. The van der Waals surface area contributed by atoms with Gasteiger partial charge in [-0.3, -0.25) is 0 Å². The van der Waals surface area contributed by atoms with Crippen LogP contribution >= 0.6 is 11.3 Å². The number of halogens is 1. The van der Waals surface area contributed by atoms with Crippen molar-refractivity contribution in [1.82, 2.24) is 4.98 Å². The summed E-state index contributed by atoms with van der Waals surface area (Å²) in [4.78, 5) is 16.1. The molecule has 6 heteroatoms. The molecule has 0 aliphatic carbocycles. The fourth-order valence-electron chi connectivity index (χ4n) is 1.82. The van der Waals surface area contributed by atoms with Gasteiger partial charge in [0.25, 0.3) is 0 Å². The third kappa shape index (κ3) is 2.90. The molecule has 0 saturated carbocycles. The molecule has 4 nitrogen and oxygen atoms in total. The summed E-state index contributed by atoms with van der Waals surface area (Å²) in [6, 6.07) is 3.96. The molecular formula is C13H13FN2O2S. The van der Waals surface area contributed by atoms with E-state index in [0.29, 0.717) is 5.69 Å². The Morgan fingerprint density at radius 1 is 1.53 bits per heavy atom. The van der Waals surface area contributed by atoms with Crippen LogP contribution in [0, 0.1) is 12.7 Å². The van der Waals surface area contributed by atoms with Gasteiger partial charge in [-0.05, 0) is 32.0 Å². The van der Waals surface area contributed by atoms with Gasteiger partial charge in [-0.1, -0.05) is 0 Å². The maximum absolute atomic E-state index is 13.3. The zero-order valence-corrected chi connectivity index (χ0v) is 11.3. The maximum atomic E-state index is 13.3. The summed E-state index contributed by atoms with van der Waals surface area (Å²) < 4.78 is 13.3. The highest BCUT2D eigenvalue weighted by Gasteiger charge is 2.14. The first kappa shape index (κ1) is 13.5. The average molecular weight is 280 g/mol. The summed E-state index contributed by atoms with van der Waals surface area (Å²) in [6.45, 7) is 3.86. The highest BCUT2D eigenvalue weighted by atomic mass is 32.1. The molecule has 0 saturated heterocycles. The van der Waals surface area contributed by atoms with Gasteiger partial charge in [-0.25, -0.2) is 14.2 Å². The van der Waals surface area contributed by atoms with Gasteiger partial charge in [0.2, 0.25) is 0 Å². The number of thiazole rings is 1. The fraction of sp³-hybridized carbons (Fsp3) is 0.231. The summed E-state index contributed by atoms with van der Waals surface area (Å²) >= 11 is 1.53. The highest BCUT2D eigenvalue weighted by molar-refractivity contribution is 7.09. The number of aryl methyl sites for hydroxylation is 1. The first-order valence-corrected chi connectivity index (χ1v) is 6.56. The van der Waals surface area contributed by atoms with E-state index in [4.69, 9.17) is 5.11 Å². The lowest BCUT2D eigenvalue weighted by molar-refractivity contribution is 0.0692. The number of carboxylic acid groups (broad SMARTS) is 1. The third-order valence-electron chi connectivity index (χ3n) is 2.76. The Morgan fingerprint density at radius 3 is 2.84 bits per heavy atom. The van der Waals surface area contributed by atoms with E-state index in [1.54, 1.807) is 5.51 Å². The molecule has 2 aromatic rings. The van der Waals surface area contributed by atoms with E-state index in [0.717, 1.165) is 16.6 Å². The number of carbonyl (C=O) groups is 1. The van der Waals surface area contributed by atoms with Crippen LogP contribution in [-0.2, 0) is 0 Å². The fourth-order valence-corrected chi connectivity index (χ4v) is 2.63. The second-order valence-electron chi connectivity index (χ2n) is 4.17. The van der Waals surface area contributed by atoms with Gasteiger partial charge in [0.05, 0.1) is 22.8 Å². The summed E-state index contributed by atoms with van der Waals surface area (Å²) in [5.41, 5.74) is 2.93. The number of hydrogen-bond acceptors (Lipinski definition) is 4. The van der Waals surface area contributed by atoms with E-state index in [1.807, 2.05) is 13.8 Å². The van der Waals surface area contributed by atoms with E-state index < -0.39 is 11.8 Å². The summed E-state index contributed by atoms with van der Waals surface area (Å²) in [7, 11) is 0. The van der Waals surface area contributed by atoms with Crippen molar-refractivity contribution in [1.29, 1.82) is 0 Å². The molecule has 1 aromatic heterocycles.